The van der Waals surface area contributed by atoms with Crippen molar-refractivity contribution >= 4 is 43.2 Å². The number of rotatable bonds is 4. The van der Waals surface area contributed by atoms with Gasteiger partial charge in [0.15, 0.2) is 0 Å². The number of aromatic nitrogens is 1. The summed E-state index contributed by atoms with van der Waals surface area (Å²) >= 11 is 0. The monoisotopic (exact) mass is 583 g/mol. The molecule has 0 radical (unpaired) electrons. The third kappa shape index (κ3) is 4.29. The van der Waals surface area contributed by atoms with Gasteiger partial charge in [0, 0.05) is 10.9 Å². The van der Waals surface area contributed by atoms with E-state index >= 15 is 0 Å². The van der Waals surface area contributed by atoms with Crippen LogP contribution in [0.1, 0.15) is 0 Å². The van der Waals surface area contributed by atoms with Gasteiger partial charge in [0.1, 0.15) is 0 Å². The van der Waals surface area contributed by atoms with Gasteiger partial charge in [-0.25, -0.2) is 4.98 Å². The van der Waals surface area contributed by atoms with Gasteiger partial charge in [-0.05, 0) is 83.9 Å². The molecule has 1 aromatic heterocycles. The second-order valence-corrected chi connectivity index (χ2v) is 11.9. The van der Waals surface area contributed by atoms with Crippen molar-refractivity contribution in [1.29, 1.82) is 0 Å². The van der Waals surface area contributed by atoms with Crippen LogP contribution < -0.4 is 0 Å². The topological polar surface area (TPSA) is 12.9 Å². The lowest BCUT2D eigenvalue weighted by atomic mass is 9.84. The Kier molecular flexibility index (Phi) is 6.21. The maximum absolute atomic E-state index is 5.27. The molecule has 9 aromatic rings. The summed E-state index contributed by atoms with van der Waals surface area (Å²) in [5.41, 5.74) is 10.4. The molecule has 0 aliphatic rings. The van der Waals surface area contributed by atoms with Gasteiger partial charge in [0.2, 0.25) is 0 Å². The first-order valence-electron chi connectivity index (χ1n) is 15.8. The fourth-order valence-corrected chi connectivity index (χ4v) is 7.17. The molecule has 8 aromatic carbocycles. The lowest BCUT2D eigenvalue weighted by Crippen LogP contribution is -1.95. The number of hydrogen-bond acceptors (Lipinski definition) is 1. The summed E-state index contributed by atoms with van der Waals surface area (Å²) in [4.78, 5) is 5.27. The lowest BCUT2D eigenvalue weighted by molar-refractivity contribution is 1.40. The van der Waals surface area contributed by atoms with Gasteiger partial charge in [-0.1, -0.05) is 158 Å². The van der Waals surface area contributed by atoms with Crippen LogP contribution in [0.5, 0.6) is 0 Å². The van der Waals surface area contributed by atoms with E-state index in [1.165, 1.54) is 65.7 Å². The maximum atomic E-state index is 5.27. The van der Waals surface area contributed by atoms with Crippen LogP contribution >= 0.6 is 0 Å². The molecule has 0 atom stereocenters. The highest BCUT2D eigenvalue weighted by molar-refractivity contribution is 6.22. The normalized spacial score (nSPS) is 11.5. The standard InChI is InChI=1S/C45H29N/c1-2-15-31(16-3-1)41-29-43(46-42-25-13-12-19-35(41)42)34-18-6-7-20-36(34)45-39-23-10-8-21-37(39)44(38-22-9-11-24-40(38)45)33-27-26-30-14-4-5-17-32(30)28-33/h1-29H. The number of fused-ring (bicyclic) bond motifs is 4. The predicted octanol–water partition coefficient (Wildman–Crippen LogP) is 12.4. The van der Waals surface area contributed by atoms with Crippen molar-refractivity contribution in [3.63, 3.8) is 0 Å². The van der Waals surface area contributed by atoms with Crippen molar-refractivity contribution in [1.82, 2.24) is 4.98 Å². The van der Waals surface area contributed by atoms with Crippen LogP contribution in [0.25, 0.3) is 87.9 Å². The minimum atomic E-state index is 0.972. The summed E-state index contributed by atoms with van der Waals surface area (Å²) in [6.45, 7) is 0. The summed E-state index contributed by atoms with van der Waals surface area (Å²) in [5.74, 6) is 0. The third-order valence-electron chi connectivity index (χ3n) is 9.24. The van der Waals surface area contributed by atoms with Gasteiger partial charge in [0.05, 0.1) is 11.2 Å². The molecule has 0 aliphatic heterocycles. The summed E-state index contributed by atoms with van der Waals surface area (Å²) in [7, 11) is 0. The highest BCUT2D eigenvalue weighted by Gasteiger charge is 2.20. The van der Waals surface area contributed by atoms with E-state index in [9.17, 15) is 0 Å². The number of pyridine rings is 1. The van der Waals surface area contributed by atoms with Crippen LogP contribution in [0, 0.1) is 0 Å². The fourth-order valence-electron chi connectivity index (χ4n) is 7.17. The Morgan fingerprint density at radius 3 is 1.57 bits per heavy atom. The van der Waals surface area contributed by atoms with E-state index in [0.717, 1.165) is 22.2 Å². The maximum Gasteiger partial charge on any atom is 0.0722 e. The SMILES string of the molecule is c1ccc(-c2cc(-c3ccccc3-c3c4ccccc4c(-c4ccc5ccccc5c4)c4ccccc34)nc3ccccc23)cc1. The van der Waals surface area contributed by atoms with Crippen molar-refractivity contribution in [2.75, 3.05) is 0 Å². The van der Waals surface area contributed by atoms with Gasteiger partial charge in [-0.3, -0.25) is 0 Å². The summed E-state index contributed by atoms with van der Waals surface area (Å²) < 4.78 is 0. The predicted molar refractivity (Wildman–Crippen MR) is 196 cm³/mol. The Labute approximate surface area is 268 Å². The quantitative estimate of drug-likeness (QED) is 0.188. The second-order valence-electron chi connectivity index (χ2n) is 11.9. The van der Waals surface area contributed by atoms with E-state index in [1.807, 2.05) is 0 Å². The van der Waals surface area contributed by atoms with E-state index in [1.54, 1.807) is 0 Å². The van der Waals surface area contributed by atoms with Crippen molar-refractivity contribution < 1.29 is 0 Å². The number of hydrogen-bond donors (Lipinski definition) is 0. The van der Waals surface area contributed by atoms with Gasteiger partial charge >= 0.3 is 0 Å². The molecular weight excluding hydrogens is 555 g/mol. The van der Waals surface area contributed by atoms with E-state index < -0.39 is 0 Å². The van der Waals surface area contributed by atoms with Gasteiger partial charge in [-0.2, -0.15) is 0 Å². The molecule has 0 N–H and O–H groups in total. The highest BCUT2D eigenvalue weighted by atomic mass is 14.7. The van der Waals surface area contributed by atoms with E-state index in [4.69, 9.17) is 4.98 Å². The van der Waals surface area contributed by atoms with Crippen LogP contribution in [0.15, 0.2) is 176 Å². The Hall–Kier alpha value is -6.05. The van der Waals surface area contributed by atoms with Crippen molar-refractivity contribution in [2.45, 2.75) is 0 Å². The molecule has 0 fully saturated rings. The zero-order valence-electron chi connectivity index (χ0n) is 25.2. The summed E-state index contributed by atoms with van der Waals surface area (Å²) in [6, 6.07) is 63.4. The molecule has 0 bridgehead atoms. The molecule has 46 heavy (non-hydrogen) atoms. The second kappa shape index (κ2) is 10.8. The van der Waals surface area contributed by atoms with Gasteiger partial charge < -0.3 is 0 Å². The fraction of sp³-hybridized carbons (Fsp3) is 0. The first-order chi connectivity index (χ1) is 22.8. The zero-order chi connectivity index (χ0) is 30.5. The average Bonchev–Trinajstić information content (AvgIpc) is 3.13. The van der Waals surface area contributed by atoms with Crippen molar-refractivity contribution in [2.24, 2.45) is 0 Å². The molecule has 1 nitrogen and oxygen atoms in total. The molecule has 0 aliphatic carbocycles. The minimum Gasteiger partial charge on any atom is -0.248 e. The van der Waals surface area contributed by atoms with Crippen molar-refractivity contribution in [3.05, 3.63) is 176 Å². The van der Waals surface area contributed by atoms with Gasteiger partial charge in [-0.15, -0.1) is 0 Å². The largest absolute Gasteiger partial charge is 0.248 e. The highest BCUT2D eigenvalue weighted by Crippen LogP contribution is 2.46. The van der Waals surface area contributed by atoms with E-state index in [2.05, 4.69) is 176 Å². The number of nitrogens with zero attached hydrogens (tertiary/aromatic N) is 1. The van der Waals surface area contributed by atoms with Crippen LogP contribution in [0.2, 0.25) is 0 Å². The molecule has 0 amide bonds. The summed E-state index contributed by atoms with van der Waals surface area (Å²) in [6.07, 6.45) is 0. The molecule has 0 saturated heterocycles. The Balaban J connectivity index is 1.35. The molecule has 0 saturated carbocycles. The molecule has 0 unspecified atom stereocenters. The molecule has 1 heteroatoms. The average molecular weight is 584 g/mol. The summed E-state index contributed by atoms with van der Waals surface area (Å²) in [5, 5.41) is 8.63. The Morgan fingerprint density at radius 2 is 0.848 bits per heavy atom. The van der Waals surface area contributed by atoms with Crippen molar-refractivity contribution in [3.8, 4) is 44.6 Å². The molecular formula is C45H29N. The molecule has 9 rings (SSSR count). The first kappa shape index (κ1) is 26.4. The Morgan fingerprint density at radius 1 is 0.304 bits per heavy atom. The number of para-hydroxylation sites is 1. The smallest absolute Gasteiger partial charge is 0.0722 e. The molecule has 214 valence electrons. The third-order valence-corrected chi connectivity index (χ3v) is 9.24. The Bertz CT molecular complexity index is 2520. The van der Waals surface area contributed by atoms with Crippen LogP contribution in [0.4, 0.5) is 0 Å². The van der Waals surface area contributed by atoms with Crippen LogP contribution in [-0.2, 0) is 0 Å². The molecule has 0 spiro atoms. The van der Waals surface area contributed by atoms with Crippen LogP contribution in [-0.4, -0.2) is 4.98 Å². The number of benzene rings is 8. The molecule has 1 heterocycles. The first-order valence-corrected chi connectivity index (χ1v) is 15.8. The zero-order valence-corrected chi connectivity index (χ0v) is 25.2. The van der Waals surface area contributed by atoms with Crippen LogP contribution in [0.3, 0.4) is 0 Å². The lowest BCUT2D eigenvalue weighted by Gasteiger charge is -2.20. The van der Waals surface area contributed by atoms with E-state index in [0.29, 0.717) is 0 Å². The minimum absolute atomic E-state index is 0.972. The van der Waals surface area contributed by atoms with E-state index in [-0.39, 0.29) is 0 Å². The van der Waals surface area contributed by atoms with Gasteiger partial charge in [0.25, 0.3) is 0 Å².